The van der Waals surface area contributed by atoms with Crippen LogP contribution in [-0.4, -0.2) is 21.5 Å². The van der Waals surface area contributed by atoms with Crippen LogP contribution in [0.15, 0.2) is 54.9 Å². The van der Waals surface area contributed by atoms with E-state index in [9.17, 15) is 4.79 Å². The molecule has 3 rings (SSSR count). The van der Waals surface area contributed by atoms with E-state index in [4.69, 9.17) is 11.6 Å². The summed E-state index contributed by atoms with van der Waals surface area (Å²) in [4.78, 5) is 16.9. The summed E-state index contributed by atoms with van der Waals surface area (Å²) in [6.45, 7) is 3.87. The average molecular weight is 342 g/mol. The first-order chi connectivity index (χ1) is 11.6. The molecule has 2 atom stereocenters. The van der Waals surface area contributed by atoms with E-state index in [1.165, 1.54) is 0 Å². The summed E-state index contributed by atoms with van der Waals surface area (Å²) >= 11 is 6.19. The lowest BCUT2D eigenvalue weighted by Gasteiger charge is -2.19. The molecule has 0 saturated heterocycles. The van der Waals surface area contributed by atoms with Crippen molar-refractivity contribution in [1.82, 2.24) is 14.9 Å². The maximum absolute atomic E-state index is 12.6. The fourth-order valence-corrected chi connectivity index (χ4v) is 3.03. The summed E-state index contributed by atoms with van der Waals surface area (Å²) < 4.78 is 1.90. The van der Waals surface area contributed by atoms with E-state index < -0.39 is 0 Å². The van der Waals surface area contributed by atoms with Gasteiger partial charge in [-0.15, -0.1) is 0 Å². The first-order valence-electron chi connectivity index (χ1n) is 8.01. The van der Waals surface area contributed by atoms with Crippen molar-refractivity contribution in [3.63, 3.8) is 0 Å². The molecule has 0 radical (unpaired) electrons. The Kier molecular flexibility index (Phi) is 4.86. The van der Waals surface area contributed by atoms with Crippen LogP contribution in [0.1, 0.15) is 25.5 Å². The molecule has 0 fully saturated rings. The zero-order valence-electron chi connectivity index (χ0n) is 13.7. The summed E-state index contributed by atoms with van der Waals surface area (Å²) in [5, 5.41) is 3.79. The fraction of sp³-hybridized carbons (Fsp3) is 0.263. The summed E-state index contributed by atoms with van der Waals surface area (Å²) in [6, 6.07) is 15.2. The predicted molar refractivity (Wildman–Crippen MR) is 97.2 cm³/mol. The van der Waals surface area contributed by atoms with Gasteiger partial charge < -0.3 is 9.88 Å². The fourth-order valence-electron chi connectivity index (χ4n) is 2.82. The van der Waals surface area contributed by atoms with Crippen LogP contribution >= 0.6 is 11.6 Å². The molecule has 1 aromatic heterocycles. The van der Waals surface area contributed by atoms with Gasteiger partial charge in [-0.2, -0.15) is 0 Å². The van der Waals surface area contributed by atoms with Gasteiger partial charge in [-0.3, -0.25) is 4.79 Å². The van der Waals surface area contributed by atoms with Crippen LogP contribution in [0.2, 0.25) is 5.02 Å². The molecule has 124 valence electrons. The number of carbonyl (C=O) groups excluding carboxylic acids is 1. The second-order valence-corrected chi connectivity index (χ2v) is 6.43. The van der Waals surface area contributed by atoms with Crippen molar-refractivity contribution in [3.8, 4) is 0 Å². The normalized spacial score (nSPS) is 13.6. The smallest absolute Gasteiger partial charge is 0.243 e. The molecule has 0 aliphatic rings. The van der Waals surface area contributed by atoms with E-state index in [0.29, 0.717) is 6.42 Å². The van der Waals surface area contributed by atoms with Gasteiger partial charge in [0.15, 0.2) is 0 Å². The molecular formula is C19H20ClN3O. The van der Waals surface area contributed by atoms with Gasteiger partial charge in [0.25, 0.3) is 0 Å². The minimum Gasteiger partial charge on any atom is -0.352 e. The highest BCUT2D eigenvalue weighted by molar-refractivity contribution is 6.31. The number of fused-ring (bicyclic) bond motifs is 1. The number of rotatable bonds is 5. The van der Waals surface area contributed by atoms with E-state index in [1.807, 2.05) is 66.9 Å². The molecule has 1 amide bonds. The number of amides is 1. The summed E-state index contributed by atoms with van der Waals surface area (Å²) in [5.74, 6) is -0.0299. The third kappa shape index (κ3) is 3.44. The van der Waals surface area contributed by atoms with Crippen LogP contribution in [0.3, 0.4) is 0 Å². The first kappa shape index (κ1) is 16.5. The molecule has 0 spiro atoms. The topological polar surface area (TPSA) is 46.9 Å². The number of para-hydroxylation sites is 2. The van der Waals surface area contributed by atoms with E-state index in [1.54, 1.807) is 6.33 Å². The Labute approximate surface area is 146 Å². The summed E-state index contributed by atoms with van der Waals surface area (Å²) in [7, 11) is 0. The number of carbonyl (C=O) groups is 1. The first-order valence-corrected chi connectivity index (χ1v) is 8.39. The van der Waals surface area contributed by atoms with Gasteiger partial charge in [0.05, 0.1) is 17.4 Å². The molecule has 2 aromatic carbocycles. The number of nitrogens with one attached hydrogen (secondary N) is 1. The van der Waals surface area contributed by atoms with Crippen LogP contribution in [0, 0.1) is 0 Å². The standard InChI is InChI=1S/C19H20ClN3O/c1-13(11-15-7-3-4-8-16(15)20)22-19(24)14(2)23-12-21-17-9-5-6-10-18(17)23/h3-10,12-14H,11H2,1-2H3,(H,22,24)/t13-,14+/m0/s1. The van der Waals surface area contributed by atoms with E-state index in [0.717, 1.165) is 21.6 Å². The Hall–Kier alpha value is -2.33. The number of hydrogen-bond donors (Lipinski definition) is 1. The Morgan fingerprint density at radius 3 is 2.67 bits per heavy atom. The molecule has 24 heavy (non-hydrogen) atoms. The quantitative estimate of drug-likeness (QED) is 0.762. The second-order valence-electron chi connectivity index (χ2n) is 6.02. The third-order valence-corrected chi connectivity index (χ3v) is 4.52. The minimum absolute atomic E-state index is 0.00497. The number of benzene rings is 2. The molecule has 3 aromatic rings. The summed E-state index contributed by atoms with van der Waals surface area (Å²) in [5.41, 5.74) is 2.88. The van der Waals surface area contributed by atoms with Crippen molar-refractivity contribution in [1.29, 1.82) is 0 Å². The largest absolute Gasteiger partial charge is 0.352 e. The van der Waals surface area contributed by atoms with Crippen molar-refractivity contribution in [2.75, 3.05) is 0 Å². The lowest BCUT2D eigenvalue weighted by Crippen LogP contribution is -2.38. The number of hydrogen-bond acceptors (Lipinski definition) is 2. The molecule has 0 saturated carbocycles. The highest BCUT2D eigenvalue weighted by Crippen LogP contribution is 2.19. The Balaban J connectivity index is 1.69. The van der Waals surface area contributed by atoms with Crippen LogP contribution in [0.4, 0.5) is 0 Å². The Bertz CT molecular complexity index is 858. The molecule has 0 aliphatic carbocycles. The van der Waals surface area contributed by atoms with Crippen molar-refractivity contribution in [3.05, 3.63) is 65.4 Å². The van der Waals surface area contributed by atoms with Gasteiger partial charge in [0.2, 0.25) is 5.91 Å². The number of nitrogens with zero attached hydrogens (tertiary/aromatic N) is 2. The van der Waals surface area contributed by atoms with Gasteiger partial charge in [-0.05, 0) is 44.0 Å². The van der Waals surface area contributed by atoms with E-state index in [2.05, 4.69) is 10.3 Å². The zero-order valence-corrected chi connectivity index (χ0v) is 14.5. The molecule has 0 bridgehead atoms. The van der Waals surface area contributed by atoms with Crippen molar-refractivity contribution in [2.24, 2.45) is 0 Å². The molecule has 0 aliphatic heterocycles. The number of imidazole rings is 1. The molecule has 5 heteroatoms. The van der Waals surface area contributed by atoms with Gasteiger partial charge in [-0.1, -0.05) is 41.9 Å². The number of aromatic nitrogens is 2. The maximum atomic E-state index is 12.6. The molecule has 1 heterocycles. The third-order valence-electron chi connectivity index (χ3n) is 4.15. The van der Waals surface area contributed by atoms with Gasteiger partial charge >= 0.3 is 0 Å². The predicted octanol–water partition coefficient (Wildman–Crippen LogP) is 4.00. The van der Waals surface area contributed by atoms with Crippen molar-refractivity contribution < 1.29 is 4.79 Å². The zero-order chi connectivity index (χ0) is 17.1. The van der Waals surface area contributed by atoms with Crippen LogP contribution in [0.5, 0.6) is 0 Å². The van der Waals surface area contributed by atoms with Crippen molar-refractivity contribution in [2.45, 2.75) is 32.4 Å². The van der Waals surface area contributed by atoms with Crippen LogP contribution < -0.4 is 5.32 Å². The Morgan fingerprint density at radius 1 is 1.17 bits per heavy atom. The monoisotopic (exact) mass is 341 g/mol. The number of halogens is 1. The SMILES string of the molecule is C[C@H](C(=O)N[C@@H](C)Cc1ccccc1Cl)n1cnc2ccccc21. The highest BCUT2D eigenvalue weighted by Gasteiger charge is 2.19. The molecule has 4 nitrogen and oxygen atoms in total. The average Bonchev–Trinajstić information content (AvgIpc) is 3.00. The second kappa shape index (κ2) is 7.05. The highest BCUT2D eigenvalue weighted by atomic mass is 35.5. The summed E-state index contributed by atoms with van der Waals surface area (Å²) in [6.07, 6.45) is 2.41. The van der Waals surface area contributed by atoms with Crippen LogP contribution in [0.25, 0.3) is 11.0 Å². The molecule has 1 N–H and O–H groups in total. The molecule has 0 unspecified atom stereocenters. The van der Waals surface area contributed by atoms with E-state index >= 15 is 0 Å². The minimum atomic E-state index is -0.328. The van der Waals surface area contributed by atoms with Gasteiger partial charge in [-0.25, -0.2) is 4.98 Å². The maximum Gasteiger partial charge on any atom is 0.243 e. The van der Waals surface area contributed by atoms with E-state index in [-0.39, 0.29) is 18.0 Å². The lowest BCUT2D eigenvalue weighted by atomic mass is 10.1. The molecular weight excluding hydrogens is 322 g/mol. The van der Waals surface area contributed by atoms with Gasteiger partial charge in [0.1, 0.15) is 6.04 Å². The van der Waals surface area contributed by atoms with Crippen molar-refractivity contribution >= 4 is 28.5 Å². The lowest BCUT2D eigenvalue weighted by molar-refractivity contribution is -0.124. The van der Waals surface area contributed by atoms with Crippen LogP contribution in [-0.2, 0) is 11.2 Å². The Morgan fingerprint density at radius 2 is 1.88 bits per heavy atom. The van der Waals surface area contributed by atoms with Gasteiger partial charge in [0, 0.05) is 11.1 Å².